The van der Waals surface area contributed by atoms with Gasteiger partial charge in [0, 0.05) is 24.7 Å². The number of hydrazone groups is 1. The molecule has 0 aliphatic heterocycles. The molecule has 8 nitrogen and oxygen atoms in total. The molecule has 0 aliphatic carbocycles. The molecular formula is C21H18Cl2N6O2. The van der Waals surface area contributed by atoms with Crippen LogP contribution in [0.4, 0.5) is 5.95 Å². The first-order chi connectivity index (χ1) is 14.9. The number of hydrogen-bond acceptors (Lipinski definition) is 5. The van der Waals surface area contributed by atoms with Crippen LogP contribution in [0, 0.1) is 0 Å². The van der Waals surface area contributed by atoms with Crippen LogP contribution < -0.4 is 16.7 Å². The molecule has 2 aromatic heterocycles. The van der Waals surface area contributed by atoms with Crippen LogP contribution in [0.15, 0.2) is 63.2 Å². The number of fused-ring (bicyclic) bond motifs is 1. The number of aryl methyl sites for hydroxylation is 2. The van der Waals surface area contributed by atoms with Gasteiger partial charge in [-0.15, -0.1) is 0 Å². The zero-order valence-corrected chi connectivity index (χ0v) is 18.2. The normalized spacial score (nSPS) is 11.5. The molecule has 158 valence electrons. The van der Waals surface area contributed by atoms with Crippen LogP contribution in [-0.2, 0) is 20.6 Å². The molecule has 0 saturated heterocycles. The molecule has 2 heterocycles. The monoisotopic (exact) mass is 456 g/mol. The highest BCUT2D eigenvalue weighted by molar-refractivity contribution is 6.36. The van der Waals surface area contributed by atoms with E-state index in [2.05, 4.69) is 15.5 Å². The second-order valence-corrected chi connectivity index (χ2v) is 7.76. The Bertz CT molecular complexity index is 1420. The third-order valence-electron chi connectivity index (χ3n) is 4.87. The van der Waals surface area contributed by atoms with E-state index in [-0.39, 0.29) is 12.2 Å². The van der Waals surface area contributed by atoms with Crippen molar-refractivity contribution in [1.29, 1.82) is 0 Å². The first-order valence-corrected chi connectivity index (χ1v) is 10.1. The predicted molar refractivity (Wildman–Crippen MR) is 123 cm³/mol. The molecule has 0 unspecified atom stereocenters. The first kappa shape index (κ1) is 20.9. The minimum atomic E-state index is -0.442. The highest BCUT2D eigenvalue weighted by Crippen LogP contribution is 2.19. The van der Waals surface area contributed by atoms with Crippen molar-refractivity contribution in [3.63, 3.8) is 0 Å². The maximum atomic E-state index is 13.1. The van der Waals surface area contributed by atoms with E-state index in [1.807, 2.05) is 30.3 Å². The van der Waals surface area contributed by atoms with Gasteiger partial charge >= 0.3 is 5.69 Å². The molecule has 0 fully saturated rings. The SMILES string of the molecule is Cn1c(N/N=C\c2ccc(Cl)cc2Cl)nc2c1c(=O)n(Cc1ccccc1)c(=O)n2C. The van der Waals surface area contributed by atoms with Gasteiger partial charge in [0.1, 0.15) is 0 Å². The number of rotatable bonds is 5. The number of hydrogen-bond donors (Lipinski definition) is 1. The summed E-state index contributed by atoms with van der Waals surface area (Å²) in [7, 11) is 3.26. The Kier molecular flexibility index (Phi) is 5.67. The second-order valence-electron chi connectivity index (χ2n) is 6.92. The zero-order chi connectivity index (χ0) is 22.1. The van der Waals surface area contributed by atoms with E-state index in [1.54, 1.807) is 36.9 Å². The molecule has 1 N–H and O–H groups in total. The number of imidazole rings is 1. The van der Waals surface area contributed by atoms with Gasteiger partial charge in [-0.25, -0.2) is 10.2 Å². The fourth-order valence-corrected chi connectivity index (χ4v) is 3.67. The summed E-state index contributed by atoms with van der Waals surface area (Å²) in [6, 6.07) is 14.4. The third-order valence-corrected chi connectivity index (χ3v) is 5.44. The van der Waals surface area contributed by atoms with Gasteiger partial charge in [-0.05, 0) is 17.7 Å². The minimum Gasteiger partial charge on any atom is -0.306 e. The standard InChI is InChI=1S/C21H18Cl2N6O2/c1-27-17-18(25-20(27)26-24-11-14-8-9-15(22)10-16(14)23)28(2)21(31)29(19(17)30)12-13-6-4-3-5-7-13/h3-11H,12H2,1-2H3,(H,25,26)/b24-11-. The zero-order valence-electron chi connectivity index (χ0n) is 16.7. The number of halogens is 2. The Balaban J connectivity index is 1.72. The summed E-state index contributed by atoms with van der Waals surface area (Å²) in [5.74, 6) is 0.306. The van der Waals surface area contributed by atoms with E-state index < -0.39 is 11.2 Å². The number of nitrogens with one attached hydrogen (secondary N) is 1. The minimum absolute atomic E-state index is 0.170. The molecule has 0 saturated carbocycles. The molecule has 0 amide bonds. The molecule has 0 spiro atoms. The summed E-state index contributed by atoms with van der Waals surface area (Å²) in [5, 5.41) is 5.13. The predicted octanol–water partition coefficient (Wildman–Crippen LogP) is 3.23. The van der Waals surface area contributed by atoms with Crippen LogP contribution >= 0.6 is 23.2 Å². The summed E-state index contributed by atoms with van der Waals surface area (Å²) < 4.78 is 4.11. The van der Waals surface area contributed by atoms with Gasteiger partial charge in [0.15, 0.2) is 11.2 Å². The van der Waals surface area contributed by atoms with Gasteiger partial charge in [-0.3, -0.25) is 13.9 Å². The van der Waals surface area contributed by atoms with Gasteiger partial charge in [-0.2, -0.15) is 10.1 Å². The van der Waals surface area contributed by atoms with Gasteiger partial charge < -0.3 is 4.57 Å². The molecule has 0 atom stereocenters. The fraction of sp³-hybridized carbons (Fsp3) is 0.143. The van der Waals surface area contributed by atoms with Crippen LogP contribution in [0.25, 0.3) is 11.2 Å². The highest BCUT2D eigenvalue weighted by Gasteiger charge is 2.18. The van der Waals surface area contributed by atoms with E-state index >= 15 is 0 Å². The Labute approximate surface area is 187 Å². The van der Waals surface area contributed by atoms with Gasteiger partial charge in [0.2, 0.25) is 5.95 Å². The third kappa shape index (κ3) is 3.99. The summed E-state index contributed by atoms with van der Waals surface area (Å²) in [4.78, 5) is 30.3. The highest BCUT2D eigenvalue weighted by atomic mass is 35.5. The van der Waals surface area contributed by atoms with Crippen molar-refractivity contribution < 1.29 is 0 Å². The summed E-state index contributed by atoms with van der Waals surface area (Å²) in [6.07, 6.45) is 1.52. The number of benzene rings is 2. The second kappa shape index (κ2) is 8.41. The summed E-state index contributed by atoms with van der Waals surface area (Å²) in [6.45, 7) is 0.170. The molecule has 10 heteroatoms. The van der Waals surface area contributed by atoms with Crippen LogP contribution in [0.3, 0.4) is 0 Å². The van der Waals surface area contributed by atoms with Crippen LogP contribution in [0.5, 0.6) is 0 Å². The molecule has 4 aromatic rings. The van der Waals surface area contributed by atoms with Crippen LogP contribution in [0.1, 0.15) is 11.1 Å². The van der Waals surface area contributed by atoms with E-state index in [9.17, 15) is 9.59 Å². The largest absolute Gasteiger partial charge is 0.332 e. The van der Waals surface area contributed by atoms with Gasteiger partial charge in [-0.1, -0.05) is 59.6 Å². The smallest absolute Gasteiger partial charge is 0.306 e. The molecule has 31 heavy (non-hydrogen) atoms. The summed E-state index contributed by atoms with van der Waals surface area (Å²) >= 11 is 12.0. The molecule has 4 rings (SSSR count). The van der Waals surface area contributed by atoms with Gasteiger partial charge in [0.05, 0.1) is 17.8 Å². The topological polar surface area (TPSA) is 86.2 Å². The Morgan fingerprint density at radius 2 is 1.81 bits per heavy atom. The summed E-state index contributed by atoms with van der Waals surface area (Å²) in [5.41, 5.74) is 4.01. The Morgan fingerprint density at radius 1 is 1.06 bits per heavy atom. The lowest BCUT2D eigenvalue weighted by Crippen LogP contribution is -2.39. The van der Waals surface area contributed by atoms with E-state index in [4.69, 9.17) is 23.2 Å². The maximum absolute atomic E-state index is 13.1. The van der Waals surface area contributed by atoms with Crippen molar-refractivity contribution >= 4 is 46.5 Å². The molecular weight excluding hydrogens is 439 g/mol. The Morgan fingerprint density at radius 3 is 2.52 bits per heavy atom. The number of aromatic nitrogens is 4. The molecule has 0 aliphatic rings. The van der Waals surface area contributed by atoms with Crippen molar-refractivity contribution in [1.82, 2.24) is 18.7 Å². The average Bonchev–Trinajstić information content (AvgIpc) is 3.08. The van der Waals surface area contributed by atoms with Crippen molar-refractivity contribution in [2.45, 2.75) is 6.54 Å². The molecule has 2 aromatic carbocycles. The van der Waals surface area contributed by atoms with Crippen molar-refractivity contribution in [3.8, 4) is 0 Å². The quantitative estimate of drug-likeness (QED) is 0.368. The van der Waals surface area contributed by atoms with Crippen molar-refractivity contribution in [3.05, 3.63) is 90.5 Å². The first-order valence-electron chi connectivity index (χ1n) is 9.31. The lowest BCUT2D eigenvalue weighted by Gasteiger charge is -2.08. The Hall–Kier alpha value is -3.36. The number of nitrogens with zero attached hydrogens (tertiary/aromatic N) is 5. The van der Waals surface area contributed by atoms with Crippen LogP contribution in [-0.4, -0.2) is 24.9 Å². The fourth-order valence-electron chi connectivity index (χ4n) is 3.21. The van der Waals surface area contributed by atoms with E-state index in [0.717, 1.165) is 5.56 Å². The van der Waals surface area contributed by atoms with Crippen LogP contribution in [0.2, 0.25) is 10.0 Å². The molecule has 0 radical (unpaired) electrons. The van der Waals surface area contributed by atoms with E-state index in [0.29, 0.717) is 27.1 Å². The lowest BCUT2D eigenvalue weighted by molar-refractivity contribution is 0.655. The van der Waals surface area contributed by atoms with Gasteiger partial charge in [0.25, 0.3) is 5.56 Å². The lowest BCUT2D eigenvalue weighted by atomic mass is 10.2. The average molecular weight is 457 g/mol. The number of anilines is 1. The van der Waals surface area contributed by atoms with Crippen molar-refractivity contribution in [2.75, 3.05) is 5.43 Å². The van der Waals surface area contributed by atoms with Crippen molar-refractivity contribution in [2.24, 2.45) is 19.2 Å². The molecule has 0 bridgehead atoms. The maximum Gasteiger partial charge on any atom is 0.332 e. The van der Waals surface area contributed by atoms with E-state index in [1.165, 1.54) is 15.3 Å².